The van der Waals surface area contributed by atoms with Crippen LogP contribution in [0, 0.1) is 5.92 Å². The quantitative estimate of drug-likeness (QED) is 0.908. The van der Waals surface area contributed by atoms with Gasteiger partial charge in [-0.25, -0.2) is 0 Å². The van der Waals surface area contributed by atoms with Gasteiger partial charge in [-0.05, 0) is 37.0 Å². The van der Waals surface area contributed by atoms with E-state index in [4.69, 9.17) is 4.74 Å². The minimum Gasteiger partial charge on any atom is -0.492 e. The third-order valence-corrected chi connectivity index (χ3v) is 4.35. The van der Waals surface area contributed by atoms with Gasteiger partial charge in [0.25, 0.3) is 0 Å². The number of para-hydroxylation sites is 1. The highest BCUT2D eigenvalue weighted by atomic mass is 16.5. The highest BCUT2D eigenvalue weighted by molar-refractivity contribution is 5.79. The number of ether oxygens (including phenoxy) is 1. The number of nitrogens with one attached hydrogen (secondary N) is 2. The fourth-order valence-electron chi connectivity index (χ4n) is 2.88. The molecule has 0 spiro atoms. The lowest BCUT2D eigenvalue weighted by atomic mass is 9.96. The Morgan fingerprint density at radius 3 is 3.09 bits per heavy atom. The largest absolute Gasteiger partial charge is 0.492 e. The normalized spacial score (nSPS) is 20.1. The van der Waals surface area contributed by atoms with Gasteiger partial charge in [-0.15, -0.1) is 0 Å². The molecule has 22 heavy (non-hydrogen) atoms. The third-order valence-electron chi connectivity index (χ3n) is 4.35. The molecular weight excluding hydrogens is 278 g/mol. The first-order valence-corrected chi connectivity index (χ1v) is 7.82. The van der Waals surface area contributed by atoms with Gasteiger partial charge in [0, 0.05) is 5.92 Å². The Kier molecular flexibility index (Phi) is 3.33. The number of carbonyl (C=O) groups is 1. The number of benzene rings is 1. The Hall–Kier alpha value is -2.30. The standard InChI is InChI=1S/C17H19N3O2/c21-17(13-7-12-3-1-2-4-16(12)22-10-13)18-9-14-8-15(20-19-14)11-5-6-11/h1-4,8,11,13H,5-7,9-10H2,(H,18,21)(H,19,20). The molecule has 5 nitrogen and oxygen atoms in total. The molecule has 114 valence electrons. The summed E-state index contributed by atoms with van der Waals surface area (Å²) in [4.78, 5) is 12.3. The van der Waals surface area contributed by atoms with E-state index in [-0.39, 0.29) is 11.8 Å². The molecule has 2 heterocycles. The van der Waals surface area contributed by atoms with Crippen molar-refractivity contribution in [2.45, 2.75) is 31.7 Å². The number of hydrogen-bond acceptors (Lipinski definition) is 3. The average Bonchev–Trinajstić information content (AvgIpc) is 3.31. The number of aromatic nitrogens is 2. The van der Waals surface area contributed by atoms with Crippen LogP contribution in [0.4, 0.5) is 0 Å². The van der Waals surface area contributed by atoms with Gasteiger partial charge in [0.15, 0.2) is 0 Å². The zero-order valence-electron chi connectivity index (χ0n) is 12.3. The van der Waals surface area contributed by atoms with Crippen LogP contribution in [0.1, 0.15) is 35.7 Å². The van der Waals surface area contributed by atoms with E-state index < -0.39 is 0 Å². The van der Waals surface area contributed by atoms with Crippen LogP contribution < -0.4 is 10.1 Å². The van der Waals surface area contributed by atoms with Gasteiger partial charge >= 0.3 is 0 Å². The van der Waals surface area contributed by atoms with Crippen molar-refractivity contribution in [2.75, 3.05) is 6.61 Å². The molecular formula is C17H19N3O2. The lowest BCUT2D eigenvalue weighted by Crippen LogP contribution is -2.37. The maximum absolute atomic E-state index is 12.3. The Balaban J connectivity index is 1.34. The molecule has 1 saturated carbocycles. The number of nitrogens with zero attached hydrogens (tertiary/aromatic N) is 1. The highest BCUT2D eigenvalue weighted by Gasteiger charge is 2.27. The third kappa shape index (κ3) is 2.71. The molecule has 0 bridgehead atoms. The van der Waals surface area contributed by atoms with Gasteiger partial charge in [0.2, 0.25) is 5.91 Å². The number of rotatable bonds is 4. The molecule has 1 aliphatic carbocycles. The van der Waals surface area contributed by atoms with Crippen LogP contribution in [0.2, 0.25) is 0 Å². The minimum atomic E-state index is -0.124. The summed E-state index contributed by atoms with van der Waals surface area (Å²) in [6.07, 6.45) is 3.20. The topological polar surface area (TPSA) is 67.0 Å². The molecule has 2 aromatic rings. The fourth-order valence-corrected chi connectivity index (χ4v) is 2.88. The van der Waals surface area contributed by atoms with Crippen molar-refractivity contribution in [1.29, 1.82) is 0 Å². The Labute approximate surface area is 129 Å². The Morgan fingerprint density at radius 2 is 2.23 bits per heavy atom. The van der Waals surface area contributed by atoms with E-state index in [0.717, 1.165) is 29.1 Å². The van der Waals surface area contributed by atoms with Gasteiger partial charge in [-0.3, -0.25) is 9.89 Å². The number of aromatic amines is 1. The summed E-state index contributed by atoms with van der Waals surface area (Å²) in [6, 6.07) is 9.96. The second-order valence-electron chi connectivity index (χ2n) is 6.13. The van der Waals surface area contributed by atoms with Crippen LogP contribution in [-0.4, -0.2) is 22.7 Å². The lowest BCUT2D eigenvalue weighted by Gasteiger charge is -2.24. The van der Waals surface area contributed by atoms with Crippen LogP contribution in [0.25, 0.3) is 0 Å². The van der Waals surface area contributed by atoms with E-state index in [1.54, 1.807) is 0 Å². The van der Waals surface area contributed by atoms with E-state index in [1.165, 1.54) is 12.8 Å². The monoisotopic (exact) mass is 297 g/mol. The summed E-state index contributed by atoms with van der Waals surface area (Å²) in [6.45, 7) is 0.940. The maximum atomic E-state index is 12.3. The molecule has 4 rings (SSSR count). The summed E-state index contributed by atoms with van der Waals surface area (Å²) in [5.74, 6) is 1.44. The van der Waals surface area contributed by atoms with Crippen molar-refractivity contribution in [2.24, 2.45) is 5.92 Å². The predicted molar refractivity (Wildman–Crippen MR) is 81.5 cm³/mol. The Morgan fingerprint density at radius 1 is 1.36 bits per heavy atom. The van der Waals surface area contributed by atoms with Gasteiger partial charge in [0.1, 0.15) is 12.4 Å². The first kappa shape index (κ1) is 13.4. The van der Waals surface area contributed by atoms with E-state index in [0.29, 0.717) is 19.1 Å². The fraction of sp³-hybridized carbons (Fsp3) is 0.412. The van der Waals surface area contributed by atoms with E-state index in [9.17, 15) is 4.79 Å². The molecule has 1 unspecified atom stereocenters. The average molecular weight is 297 g/mol. The van der Waals surface area contributed by atoms with E-state index in [2.05, 4.69) is 21.6 Å². The summed E-state index contributed by atoms with van der Waals surface area (Å²) in [7, 11) is 0. The highest BCUT2D eigenvalue weighted by Crippen LogP contribution is 2.39. The smallest absolute Gasteiger partial charge is 0.227 e. The summed E-state index contributed by atoms with van der Waals surface area (Å²) < 4.78 is 5.67. The van der Waals surface area contributed by atoms with Crippen LogP contribution in [-0.2, 0) is 17.8 Å². The van der Waals surface area contributed by atoms with Crippen molar-refractivity contribution in [3.63, 3.8) is 0 Å². The lowest BCUT2D eigenvalue weighted by molar-refractivity contribution is -0.126. The summed E-state index contributed by atoms with van der Waals surface area (Å²) in [5, 5.41) is 10.3. The number of H-pyrrole nitrogens is 1. The molecule has 2 N–H and O–H groups in total. The molecule has 1 aromatic heterocycles. The zero-order valence-corrected chi connectivity index (χ0v) is 12.3. The van der Waals surface area contributed by atoms with E-state index >= 15 is 0 Å². The number of fused-ring (bicyclic) bond motifs is 1. The second-order valence-corrected chi connectivity index (χ2v) is 6.13. The van der Waals surface area contributed by atoms with E-state index in [1.807, 2.05) is 24.3 Å². The van der Waals surface area contributed by atoms with Gasteiger partial charge in [-0.1, -0.05) is 18.2 Å². The van der Waals surface area contributed by atoms with Crippen molar-refractivity contribution < 1.29 is 9.53 Å². The molecule has 1 aromatic carbocycles. The second kappa shape index (κ2) is 5.48. The molecule has 1 amide bonds. The number of hydrogen-bond donors (Lipinski definition) is 2. The van der Waals surface area contributed by atoms with Crippen molar-refractivity contribution in [3.8, 4) is 5.75 Å². The van der Waals surface area contributed by atoms with Crippen molar-refractivity contribution in [3.05, 3.63) is 47.3 Å². The zero-order chi connectivity index (χ0) is 14.9. The first-order valence-electron chi connectivity index (χ1n) is 7.82. The predicted octanol–water partition coefficient (Wildman–Crippen LogP) is 2.15. The summed E-state index contributed by atoms with van der Waals surface area (Å²) in [5.41, 5.74) is 3.19. The Bertz CT molecular complexity index is 691. The minimum absolute atomic E-state index is 0.0390. The molecule has 2 aliphatic rings. The van der Waals surface area contributed by atoms with Gasteiger partial charge in [-0.2, -0.15) is 5.10 Å². The van der Waals surface area contributed by atoms with Gasteiger partial charge in [0.05, 0.1) is 23.9 Å². The van der Waals surface area contributed by atoms with Gasteiger partial charge < -0.3 is 10.1 Å². The molecule has 0 radical (unpaired) electrons. The molecule has 1 atom stereocenters. The number of amides is 1. The van der Waals surface area contributed by atoms with Crippen LogP contribution in [0.3, 0.4) is 0 Å². The maximum Gasteiger partial charge on any atom is 0.227 e. The first-order chi connectivity index (χ1) is 10.8. The van der Waals surface area contributed by atoms with Crippen LogP contribution in [0.5, 0.6) is 5.75 Å². The van der Waals surface area contributed by atoms with Crippen LogP contribution in [0.15, 0.2) is 30.3 Å². The molecule has 1 fully saturated rings. The van der Waals surface area contributed by atoms with Crippen molar-refractivity contribution in [1.82, 2.24) is 15.5 Å². The number of carbonyl (C=O) groups excluding carboxylic acids is 1. The molecule has 5 heteroatoms. The summed E-state index contributed by atoms with van der Waals surface area (Å²) >= 11 is 0. The van der Waals surface area contributed by atoms with Crippen molar-refractivity contribution >= 4 is 5.91 Å². The molecule has 1 aliphatic heterocycles. The molecule has 0 saturated heterocycles. The van der Waals surface area contributed by atoms with Crippen LogP contribution >= 0.6 is 0 Å². The SMILES string of the molecule is O=C(NCc1cc(C2CC2)n[nH]1)C1COc2ccccc2C1.